The summed E-state index contributed by atoms with van der Waals surface area (Å²) in [6.07, 6.45) is 7.85. The van der Waals surface area contributed by atoms with Crippen LogP contribution in [0.25, 0.3) is 0 Å². The van der Waals surface area contributed by atoms with Crippen LogP contribution in [0.3, 0.4) is 0 Å². The van der Waals surface area contributed by atoms with Crippen molar-refractivity contribution in [2.24, 2.45) is 5.41 Å². The summed E-state index contributed by atoms with van der Waals surface area (Å²) in [5.41, 5.74) is -0.482. The Balaban J connectivity index is 2.30. The van der Waals surface area contributed by atoms with Gasteiger partial charge in [-0.15, -0.1) is 0 Å². The molecule has 0 heterocycles. The van der Waals surface area contributed by atoms with Crippen LogP contribution in [0, 0.1) is 5.41 Å². The van der Waals surface area contributed by atoms with Crippen molar-refractivity contribution >= 4 is 5.97 Å². The lowest BCUT2D eigenvalue weighted by Crippen LogP contribution is -2.34. The Morgan fingerprint density at radius 1 is 1.25 bits per heavy atom. The van der Waals surface area contributed by atoms with Gasteiger partial charge in [-0.1, -0.05) is 32.6 Å². The van der Waals surface area contributed by atoms with E-state index in [2.05, 4.69) is 6.92 Å². The van der Waals surface area contributed by atoms with E-state index in [1.54, 1.807) is 0 Å². The number of unbranched alkanes of at least 4 members (excludes halogenated alkanes) is 1. The quantitative estimate of drug-likeness (QED) is 0.680. The van der Waals surface area contributed by atoms with Crippen LogP contribution < -0.4 is 0 Å². The minimum Gasteiger partial charge on any atom is -0.481 e. The van der Waals surface area contributed by atoms with Crippen LogP contribution in [0.5, 0.6) is 0 Å². The molecule has 0 radical (unpaired) electrons. The van der Waals surface area contributed by atoms with Crippen LogP contribution in [0.15, 0.2) is 0 Å². The molecule has 0 saturated heterocycles. The maximum Gasteiger partial charge on any atom is 0.309 e. The molecule has 3 nitrogen and oxygen atoms in total. The number of rotatable bonds is 7. The summed E-state index contributed by atoms with van der Waals surface area (Å²) in [6, 6.07) is 0. The fourth-order valence-corrected chi connectivity index (χ4v) is 2.42. The van der Waals surface area contributed by atoms with E-state index in [0.717, 1.165) is 45.1 Å². The molecule has 1 fully saturated rings. The minimum atomic E-state index is -0.619. The lowest BCUT2D eigenvalue weighted by molar-refractivity contribution is -0.152. The highest BCUT2D eigenvalue weighted by Gasteiger charge is 2.38. The number of ether oxygens (including phenoxy) is 1. The van der Waals surface area contributed by atoms with Crippen LogP contribution >= 0.6 is 0 Å². The molecule has 1 rings (SSSR count). The fourth-order valence-electron chi connectivity index (χ4n) is 2.42. The zero-order chi connectivity index (χ0) is 11.9. The van der Waals surface area contributed by atoms with E-state index in [4.69, 9.17) is 4.74 Å². The average Bonchev–Trinajstić information content (AvgIpc) is 2.30. The summed E-state index contributed by atoms with van der Waals surface area (Å²) in [5, 5.41) is 9.34. The molecule has 0 aliphatic heterocycles. The summed E-state index contributed by atoms with van der Waals surface area (Å²) in [5.74, 6) is -0.619. The first-order valence-electron chi connectivity index (χ1n) is 6.52. The predicted molar refractivity (Wildman–Crippen MR) is 63.5 cm³/mol. The molecule has 0 aromatic carbocycles. The molecule has 3 heteroatoms. The van der Waals surface area contributed by atoms with E-state index in [1.165, 1.54) is 6.42 Å². The fraction of sp³-hybridized carbons (Fsp3) is 0.923. The van der Waals surface area contributed by atoms with E-state index in [9.17, 15) is 9.90 Å². The molecule has 94 valence electrons. The molecule has 1 aliphatic carbocycles. The third kappa shape index (κ3) is 3.78. The van der Waals surface area contributed by atoms with E-state index in [1.807, 2.05) is 0 Å². The summed E-state index contributed by atoms with van der Waals surface area (Å²) in [6.45, 7) is 3.50. The summed E-state index contributed by atoms with van der Waals surface area (Å²) in [7, 11) is 0. The largest absolute Gasteiger partial charge is 0.481 e. The Hall–Kier alpha value is -0.570. The minimum absolute atomic E-state index is 0.482. The van der Waals surface area contributed by atoms with Crippen LogP contribution in [-0.2, 0) is 9.53 Å². The van der Waals surface area contributed by atoms with Crippen molar-refractivity contribution in [3.8, 4) is 0 Å². The van der Waals surface area contributed by atoms with Gasteiger partial charge in [-0.2, -0.15) is 0 Å². The molecule has 1 aliphatic rings. The number of hydrogen-bond donors (Lipinski definition) is 1. The molecule has 0 amide bonds. The highest BCUT2D eigenvalue weighted by molar-refractivity contribution is 5.74. The first-order valence-corrected chi connectivity index (χ1v) is 6.52. The van der Waals surface area contributed by atoms with Crippen molar-refractivity contribution in [3.63, 3.8) is 0 Å². The third-order valence-corrected chi connectivity index (χ3v) is 3.63. The molecule has 0 aromatic rings. The van der Waals surface area contributed by atoms with Gasteiger partial charge in [-0.25, -0.2) is 0 Å². The van der Waals surface area contributed by atoms with Crippen molar-refractivity contribution in [2.75, 3.05) is 13.2 Å². The molecule has 16 heavy (non-hydrogen) atoms. The van der Waals surface area contributed by atoms with Crippen molar-refractivity contribution in [1.29, 1.82) is 0 Å². The van der Waals surface area contributed by atoms with Gasteiger partial charge in [-0.05, 0) is 25.7 Å². The van der Waals surface area contributed by atoms with Gasteiger partial charge in [0.15, 0.2) is 0 Å². The Bertz CT molecular complexity index is 207. The highest BCUT2D eigenvalue weighted by Crippen LogP contribution is 2.39. The smallest absolute Gasteiger partial charge is 0.309 e. The van der Waals surface area contributed by atoms with E-state index < -0.39 is 11.4 Å². The highest BCUT2D eigenvalue weighted by atomic mass is 16.5. The zero-order valence-corrected chi connectivity index (χ0v) is 10.3. The molecular weight excluding hydrogens is 204 g/mol. The average molecular weight is 228 g/mol. The second kappa shape index (κ2) is 6.89. The molecule has 1 N–H and O–H groups in total. The molecule has 1 saturated carbocycles. The lowest BCUT2D eigenvalue weighted by Gasteiger charge is -2.33. The van der Waals surface area contributed by atoms with Gasteiger partial charge in [0, 0.05) is 13.2 Å². The van der Waals surface area contributed by atoms with Crippen molar-refractivity contribution in [1.82, 2.24) is 0 Å². The predicted octanol–water partition coefficient (Wildman–Crippen LogP) is 3.23. The Labute approximate surface area is 98.2 Å². The second-order valence-electron chi connectivity index (χ2n) is 4.86. The first-order chi connectivity index (χ1) is 7.71. The number of carboxylic acids is 1. The van der Waals surface area contributed by atoms with Gasteiger partial charge in [0.1, 0.15) is 0 Å². The van der Waals surface area contributed by atoms with Crippen LogP contribution in [0.1, 0.15) is 58.3 Å². The standard InChI is InChI=1S/C13H24O3/c1-2-3-10-16-11-9-13(12(14)15)7-5-4-6-8-13/h2-11H2,1H3,(H,14,15). The molecule has 0 unspecified atom stereocenters. The Morgan fingerprint density at radius 3 is 2.50 bits per heavy atom. The Morgan fingerprint density at radius 2 is 1.94 bits per heavy atom. The normalized spacial score (nSPS) is 19.6. The first kappa shape index (κ1) is 13.5. The SMILES string of the molecule is CCCCOCCC1(C(=O)O)CCCCC1. The van der Waals surface area contributed by atoms with Gasteiger partial charge in [0.25, 0.3) is 0 Å². The molecule has 0 aromatic heterocycles. The monoisotopic (exact) mass is 228 g/mol. The van der Waals surface area contributed by atoms with Crippen molar-refractivity contribution < 1.29 is 14.6 Å². The topological polar surface area (TPSA) is 46.5 Å². The number of carbonyl (C=O) groups is 1. The van der Waals surface area contributed by atoms with E-state index in [-0.39, 0.29) is 0 Å². The molecule has 0 bridgehead atoms. The van der Waals surface area contributed by atoms with Gasteiger partial charge in [0.05, 0.1) is 5.41 Å². The third-order valence-electron chi connectivity index (χ3n) is 3.63. The number of aliphatic carboxylic acids is 1. The van der Waals surface area contributed by atoms with Crippen LogP contribution in [0.2, 0.25) is 0 Å². The zero-order valence-electron chi connectivity index (χ0n) is 10.3. The molecule has 0 atom stereocenters. The van der Waals surface area contributed by atoms with Crippen molar-refractivity contribution in [2.45, 2.75) is 58.3 Å². The van der Waals surface area contributed by atoms with Gasteiger partial charge < -0.3 is 9.84 Å². The number of hydrogen-bond acceptors (Lipinski definition) is 2. The Kier molecular flexibility index (Phi) is 5.81. The lowest BCUT2D eigenvalue weighted by atomic mass is 9.72. The van der Waals surface area contributed by atoms with Crippen LogP contribution in [0.4, 0.5) is 0 Å². The van der Waals surface area contributed by atoms with Crippen molar-refractivity contribution in [3.05, 3.63) is 0 Å². The maximum absolute atomic E-state index is 11.3. The van der Waals surface area contributed by atoms with E-state index >= 15 is 0 Å². The number of carboxylic acid groups (broad SMARTS) is 1. The van der Waals surface area contributed by atoms with Crippen LogP contribution in [-0.4, -0.2) is 24.3 Å². The summed E-state index contributed by atoms with van der Waals surface area (Å²) < 4.78 is 5.49. The molecular formula is C13H24O3. The summed E-state index contributed by atoms with van der Waals surface area (Å²) in [4.78, 5) is 11.3. The summed E-state index contributed by atoms with van der Waals surface area (Å²) >= 11 is 0. The van der Waals surface area contributed by atoms with Gasteiger partial charge >= 0.3 is 5.97 Å². The molecule has 0 spiro atoms. The van der Waals surface area contributed by atoms with Gasteiger partial charge in [-0.3, -0.25) is 4.79 Å². The van der Waals surface area contributed by atoms with Gasteiger partial charge in [0.2, 0.25) is 0 Å². The second-order valence-corrected chi connectivity index (χ2v) is 4.86. The van der Waals surface area contributed by atoms with E-state index in [0.29, 0.717) is 13.0 Å². The maximum atomic E-state index is 11.3.